The number of nitrogens with zero attached hydrogens (tertiary/aromatic N) is 1. The fourth-order valence-corrected chi connectivity index (χ4v) is 3.07. The van der Waals surface area contributed by atoms with E-state index in [0.29, 0.717) is 30.9 Å². The van der Waals surface area contributed by atoms with Crippen molar-refractivity contribution in [1.82, 2.24) is 15.2 Å². The quantitative estimate of drug-likeness (QED) is 0.878. The number of halogens is 3. The molecule has 0 radical (unpaired) electrons. The van der Waals surface area contributed by atoms with Gasteiger partial charge in [-0.2, -0.15) is 13.2 Å². The molecule has 0 aliphatic carbocycles. The van der Waals surface area contributed by atoms with E-state index in [1.165, 1.54) is 23.1 Å². The highest BCUT2D eigenvalue weighted by atomic mass is 19.4. The van der Waals surface area contributed by atoms with Crippen LogP contribution < -0.4 is 5.32 Å². The Morgan fingerprint density at radius 3 is 2.69 bits per heavy atom. The van der Waals surface area contributed by atoms with Crippen molar-refractivity contribution in [3.05, 3.63) is 58.4 Å². The van der Waals surface area contributed by atoms with Crippen LogP contribution in [-0.4, -0.2) is 34.8 Å². The minimum Gasteiger partial charge on any atom is -0.353 e. The van der Waals surface area contributed by atoms with Gasteiger partial charge in [0, 0.05) is 18.8 Å². The first-order chi connectivity index (χ1) is 12.3. The second-order valence-electron chi connectivity index (χ2n) is 6.07. The molecule has 5 nitrogen and oxygen atoms in total. The average molecular weight is 365 g/mol. The zero-order valence-electron chi connectivity index (χ0n) is 14.1. The third-order valence-electron chi connectivity index (χ3n) is 4.32. The molecule has 1 aliphatic rings. The van der Waals surface area contributed by atoms with E-state index in [0.717, 1.165) is 11.6 Å². The Morgan fingerprint density at radius 2 is 2.00 bits per heavy atom. The van der Waals surface area contributed by atoms with E-state index in [1.54, 1.807) is 13.0 Å². The molecule has 26 heavy (non-hydrogen) atoms. The first kappa shape index (κ1) is 18.0. The zero-order chi connectivity index (χ0) is 18.9. The number of aromatic nitrogens is 1. The van der Waals surface area contributed by atoms with Crippen molar-refractivity contribution in [2.24, 2.45) is 0 Å². The molecular formula is C18H18F3N3O2. The number of alkyl halides is 3. The van der Waals surface area contributed by atoms with Gasteiger partial charge in [-0.05, 0) is 37.1 Å². The lowest BCUT2D eigenvalue weighted by atomic mass is 10.0. The Kier molecular flexibility index (Phi) is 4.76. The lowest BCUT2D eigenvalue weighted by Gasteiger charge is -2.28. The fraction of sp³-hybridized carbons (Fsp3) is 0.333. The predicted molar refractivity (Wildman–Crippen MR) is 88.7 cm³/mol. The van der Waals surface area contributed by atoms with Gasteiger partial charge in [-0.25, -0.2) is 0 Å². The Balaban J connectivity index is 1.83. The smallest absolute Gasteiger partial charge is 0.353 e. The highest BCUT2D eigenvalue weighted by Crippen LogP contribution is 2.33. The Hall–Kier alpha value is -2.77. The summed E-state index contributed by atoms with van der Waals surface area (Å²) in [5, 5.41) is 2.68. The molecular weight excluding hydrogens is 347 g/mol. The topological polar surface area (TPSA) is 65.2 Å². The summed E-state index contributed by atoms with van der Waals surface area (Å²) < 4.78 is 39.5. The summed E-state index contributed by atoms with van der Waals surface area (Å²) >= 11 is 0. The molecule has 2 aromatic rings. The molecule has 0 spiro atoms. The van der Waals surface area contributed by atoms with Crippen molar-refractivity contribution in [1.29, 1.82) is 0 Å². The zero-order valence-corrected chi connectivity index (χ0v) is 14.1. The molecule has 1 aliphatic heterocycles. The summed E-state index contributed by atoms with van der Waals surface area (Å²) in [7, 11) is 0. The third kappa shape index (κ3) is 3.44. The van der Waals surface area contributed by atoms with Crippen molar-refractivity contribution < 1.29 is 22.8 Å². The number of carbonyl (C=O) groups is 2. The second-order valence-corrected chi connectivity index (χ2v) is 6.07. The average Bonchev–Trinajstić information content (AvgIpc) is 3.04. The Labute approximate surface area is 148 Å². The van der Waals surface area contributed by atoms with Gasteiger partial charge in [0.15, 0.2) is 0 Å². The van der Waals surface area contributed by atoms with E-state index in [1.807, 2.05) is 0 Å². The first-order valence-corrected chi connectivity index (χ1v) is 8.25. The van der Waals surface area contributed by atoms with Crippen LogP contribution in [-0.2, 0) is 19.1 Å². The maximum absolute atomic E-state index is 13.2. The number of aromatic amines is 1. The summed E-state index contributed by atoms with van der Waals surface area (Å²) in [5.41, 5.74) is 0.667. The molecule has 0 saturated heterocycles. The van der Waals surface area contributed by atoms with E-state index >= 15 is 0 Å². The second kappa shape index (κ2) is 6.86. The van der Waals surface area contributed by atoms with Gasteiger partial charge in [-0.3, -0.25) is 9.59 Å². The van der Waals surface area contributed by atoms with E-state index < -0.39 is 17.6 Å². The van der Waals surface area contributed by atoms with Gasteiger partial charge in [-0.15, -0.1) is 0 Å². The van der Waals surface area contributed by atoms with Gasteiger partial charge in [0.05, 0.1) is 17.7 Å². The molecule has 0 fully saturated rings. The molecule has 2 heterocycles. The Morgan fingerprint density at radius 1 is 1.27 bits per heavy atom. The van der Waals surface area contributed by atoms with Crippen LogP contribution in [0.15, 0.2) is 30.3 Å². The van der Waals surface area contributed by atoms with Gasteiger partial charge in [0.1, 0.15) is 5.69 Å². The van der Waals surface area contributed by atoms with Crippen LogP contribution in [0.3, 0.4) is 0 Å². The van der Waals surface area contributed by atoms with E-state index in [2.05, 4.69) is 10.3 Å². The van der Waals surface area contributed by atoms with E-state index in [9.17, 15) is 22.8 Å². The first-order valence-electron chi connectivity index (χ1n) is 8.25. The number of amides is 2. The number of benzene rings is 1. The highest BCUT2D eigenvalue weighted by molar-refractivity contribution is 5.96. The number of hydrogen-bond acceptors (Lipinski definition) is 2. The summed E-state index contributed by atoms with van der Waals surface area (Å²) in [6, 6.07) is 6.50. The molecule has 2 amide bonds. The SMILES string of the molecule is CCNC(=O)c1cc2c([nH]1)CN(C(=O)c1ccccc1C(F)(F)F)CC2. The normalized spacial score (nSPS) is 14.1. The van der Waals surface area contributed by atoms with E-state index in [4.69, 9.17) is 0 Å². The van der Waals surface area contributed by atoms with Crippen LogP contribution in [0.4, 0.5) is 13.2 Å². The standard InChI is InChI=1S/C18H18F3N3O2/c1-2-22-16(25)14-9-11-7-8-24(10-15(11)23-14)17(26)12-5-3-4-6-13(12)18(19,20)21/h3-6,9,23H,2,7-8,10H2,1H3,(H,22,25). The molecule has 2 N–H and O–H groups in total. The number of H-pyrrole nitrogens is 1. The van der Waals surface area contributed by atoms with Gasteiger partial charge < -0.3 is 15.2 Å². The van der Waals surface area contributed by atoms with Gasteiger partial charge in [0.25, 0.3) is 11.8 Å². The molecule has 0 unspecified atom stereocenters. The minimum atomic E-state index is -4.59. The third-order valence-corrected chi connectivity index (χ3v) is 4.32. The van der Waals surface area contributed by atoms with Gasteiger partial charge >= 0.3 is 6.18 Å². The molecule has 0 saturated carbocycles. The van der Waals surface area contributed by atoms with E-state index in [-0.39, 0.29) is 18.0 Å². The molecule has 1 aromatic carbocycles. The van der Waals surface area contributed by atoms with Crippen LogP contribution in [0.5, 0.6) is 0 Å². The maximum Gasteiger partial charge on any atom is 0.417 e. The molecule has 8 heteroatoms. The fourth-order valence-electron chi connectivity index (χ4n) is 3.07. The monoisotopic (exact) mass is 365 g/mol. The van der Waals surface area contributed by atoms with Crippen molar-refractivity contribution >= 4 is 11.8 Å². The summed E-state index contributed by atoms with van der Waals surface area (Å²) in [6.45, 7) is 2.73. The predicted octanol–water partition coefficient (Wildman–Crippen LogP) is 2.98. The lowest BCUT2D eigenvalue weighted by molar-refractivity contribution is -0.138. The van der Waals surface area contributed by atoms with Crippen molar-refractivity contribution in [3.63, 3.8) is 0 Å². The molecule has 0 bridgehead atoms. The van der Waals surface area contributed by atoms with Crippen LogP contribution in [0, 0.1) is 0 Å². The van der Waals surface area contributed by atoms with Crippen molar-refractivity contribution in [2.45, 2.75) is 26.1 Å². The number of carbonyl (C=O) groups excluding carboxylic acids is 2. The lowest BCUT2D eigenvalue weighted by Crippen LogP contribution is -2.36. The van der Waals surface area contributed by atoms with Crippen LogP contribution in [0.2, 0.25) is 0 Å². The minimum absolute atomic E-state index is 0.139. The molecule has 1 aromatic heterocycles. The Bertz CT molecular complexity index is 842. The number of nitrogens with one attached hydrogen (secondary N) is 2. The number of rotatable bonds is 3. The van der Waals surface area contributed by atoms with Crippen LogP contribution >= 0.6 is 0 Å². The van der Waals surface area contributed by atoms with Crippen LogP contribution in [0.1, 0.15) is 44.6 Å². The number of hydrogen-bond donors (Lipinski definition) is 2. The largest absolute Gasteiger partial charge is 0.417 e. The van der Waals surface area contributed by atoms with Crippen molar-refractivity contribution in [2.75, 3.05) is 13.1 Å². The van der Waals surface area contributed by atoms with Gasteiger partial charge in [-0.1, -0.05) is 12.1 Å². The van der Waals surface area contributed by atoms with Gasteiger partial charge in [0.2, 0.25) is 0 Å². The van der Waals surface area contributed by atoms with Crippen LogP contribution in [0.25, 0.3) is 0 Å². The molecule has 3 rings (SSSR count). The van der Waals surface area contributed by atoms with Crippen molar-refractivity contribution in [3.8, 4) is 0 Å². The molecule has 0 atom stereocenters. The summed E-state index contributed by atoms with van der Waals surface area (Å²) in [4.78, 5) is 28.9. The summed E-state index contributed by atoms with van der Waals surface area (Å²) in [6.07, 6.45) is -4.11. The highest BCUT2D eigenvalue weighted by Gasteiger charge is 2.36. The number of fused-ring (bicyclic) bond motifs is 1. The maximum atomic E-state index is 13.2. The summed E-state index contributed by atoms with van der Waals surface area (Å²) in [5.74, 6) is -0.917. The molecule has 138 valence electrons.